The quantitative estimate of drug-likeness (QED) is 0.916. The zero-order chi connectivity index (χ0) is 16.9. The Kier molecular flexibility index (Phi) is 3.29. The van der Waals surface area contributed by atoms with Crippen molar-refractivity contribution in [3.8, 4) is 17.0 Å². The summed E-state index contributed by atoms with van der Waals surface area (Å²) in [6.07, 6.45) is 3.10. The summed E-state index contributed by atoms with van der Waals surface area (Å²) >= 11 is 0. The van der Waals surface area contributed by atoms with Crippen molar-refractivity contribution in [2.24, 2.45) is 0 Å². The molecule has 2 heterocycles. The molecule has 0 bridgehead atoms. The van der Waals surface area contributed by atoms with Gasteiger partial charge in [-0.25, -0.2) is 18.2 Å². The van der Waals surface area contributed by atoms with E-state index in [1.165, 1.54) is 6.07 Å². The van der Waals surface area contributed by atoms with Crippen molar-refractivity contribution < 1.29 is 22.7 Å². The van der Waals surface area contributed by atoms with Gasteiger partial charge < -0.3 is 14.6 Å². The average molecular weight is 337 g/mol. The number of aromatic nitrogens is 2. The van der Waals surface area contributed by atoms with Crippen LogP contribution in [-0.2, 0) is 6.54 Å². The number of benzene rings is 1. The van der Waals surface area contributed by atoms with E-state index >= 15 is 0 Å². The fraction of sp³-hybridized carbons (Fsp3) is 0.375. The van der Waals surface area contributed by atoms with E-state index in [4.69, 9.17) is 4.74 Å². The highest BCUT2D eigenvalue weighted by atomic mass is 19.3. The number of imidazole rings is 1. The number of hydrogen-bond acceptors (Lipinski definition) is 3. The standard InChI is InChI=1S/C16H14F3N3O2/c17-11-6-9(15(23)21-13-1-2-16(13,18)19)5-10-12-7-20-8-22(12)3-4-24-14(10)11/h5-8,13H,1-4H2,(H,21,23). The predicted molar refractivity (Wildman–Crippen MR) is 78.6 cm³/mol. The zero-order valence-electron chi connectivity index (χ0n) is 12.6. The van der Waals surface area contributed by atoms with Gasteiger partial charge in [-0.3, -0.25) is 4.79 Å². The molecule has 8 heteroatoms. The van der Waals surface area contributed by atoms with E-state index < -0.39 is 23.7 Å². The van der Waals surface area contributed by atoms with Crippen molar-refractivity contribution in [2.45, 2.75) is 31.4 Å². The van der Waals surface area contributed by atoms with Crippen LogP contribution in [0.25, 0.3) is 11.3 Å². The Morgan fingerprint density at radius 3 is 2.96 bits per heavy atom. The van der Waals surface area contributed by atoms with Crippen molar-refractivity contribution in [3.63, 3.8) is 0 Å². The number of carbonyl (C=O) groups excluding carboxylic acids is 1. The molecule has 4 rings (SSSR count). The monoisotopic (exact) mass is 337 g/mol. The first-order valence-electron chi connectivity index (χ1n) is 7.61. The summed E-state index contributed by atoms with van der Waals surface area (Å²) in [7, 11) is 0. The number of hydrogen-bond donors (Lipinski definition) is 1. The largest absolute Gasteiger partial charge is 0.488 e. The molecule has 1 aromatic carbocycles. The molecule has 0 radical (unpaired) electrons. The number of amides is 1. The summed E-state index contributed by atoms with van der Waals surface area (Å²) in [5.74, 6) is -4.29. The van der Waals surface area contributed by atoms with E-state index in [1.807, 2.05) is 0 Å². The molecule has 1 unspecified atom stereocenters. The lowest BCUT2D eigenvalue weighted by atomic mass is 9.87. The molecule has 2 aromatic rings. The van der Waals surface area contributed by atoms with Crippen molar-refractivity contribution in [2.75, 3.05) is 6.61 Å². The number of alkyl halides is 2. The Hall–Kier alpha value is -2.51. The van der Waals surface area contributed by atoms with Gasteiger partial charge in [0, 0.05) is 17.5 Å². The molecule has 126 valence electrons. The molecule has 1 N–H and O–H groups in total. The second-order valence-corrected chi connectivity index (χ2v) is 5.98. The van der Waals surface area contributed by atoms with E-state index in [9.17, 15) is 18.0 Å². The molecule has 24 heavy (non-hydrogen) atoms. The van der Waals surface area contributed by atoms with Crippen molar-refractivity contribution in [1.29, 1.82) is 0 Å². The molecule has 1 amide bonds. The molecule has 5 nitrogen and oxygen atoms in total. The maximum absolute atomic E-state index is 14.4. The highest BCUT2D eigenvalue weighted by Gasteiger charge is 2.49. The number of rotatable bonds is 2. The third-order valence-corrected chi connectivity index (χ3v) is 4.45. The van der Waals surface area contributed by atoms with Gasteiger partial charge in [0.05, 0.1) is 30.8 Å². The van der Waals surface area contributed by atoms with Crippen LogP contribution in [0.5, 0.6) is 5.75 Å². The first-order chi connectivity index (χ1) is 11.5. The van der Waals surface area contributed by atoms with Crippen molar-refractivity contribution >= 4 is 5.91 Å². The van der Waals surface area contributed by atoms with Gasteiger partial charge in [0.15, 0.2) is 11.6 Å². The lowest BCUT2D eigenvalue weighted by Crippen LogP contribution is -2.55. The summed E-state index contributed by atoms with van der Waals surface area (Å²) in [5, 5.41) is 2.27. The Bertz CT molecular complexity index is 819. The third-order valence-electron chi connectivity index (χ3n) is 4.45. The summed E-state index contributed by atoms with van der Waals surface area (Å²) in [6, 6.07) is 1.26. The molecule has 2 aliphatic rings. The van der Waals surface area contributed by atoms with Gasteiger partial charge in [0.2, 0.25) is 0 Å². The lowest BCUT2D eigenvalue weighted by molar-refractivity contribution is -0.102. The van der Waals surface area contributed by atoms with Crippen LogP contribution in [0.2, 0.25) is 0 Å². The molecule has 1 aromatic heterocycles. The Morgan fingerprint density at radius 2 is 2.25 bits per heavy atom. The van der Waals surface area contributed by atoms with Gasteiger partial charge >= 0.3 is 0 Å². The summed E-state index contributed by atoms with van der Waals surface area (Å²) in [4.78, 5) is 16.3. The summed E-state index contributed by atoms with van der Waals surface area (Å²) < 4.78 is 48.2. The Balaban J connectivity index is 1.70. The van der Waals surface area contributed by atoms with Crippen LogP contribution in [0.4, 0.5) is 13.2 Å². The SMILES string of the molecule is O=C(NC1CCC1(F)F)c1cc(F)c2c(c1)-c1cncn1CCO2. The van der Waals surface area contributed by atoms with Crippen LogP contribution in [0.3, 0.4) is 0 Å². The van der Waals surface area contributed by atoms with Gasteiger partial charge in [-0.2, -0.15) is 0 Å². The first-order valence-corrected chi connectivity index (χ1v) is 7.61. The van der Waals surface area contributed by atoms with E-state index in [1.54, 1.807) is 17.1 Å². The van der Waals surface area contributed by atoms with Gasteiger partial charge in [0.1, 0.15) is 6.61 Å². The maximum Gasteiger partial charge on any atom is 0.267 e. The van der Waals surface area contributed by atoms with Gasteiger partial charge in [-0.05, 0) is 18.6 Å². The molecule has 0 spiro atoms. The molecule has 1 aliphatic carbocycles. The molecular weight excluding hydrogens is 323 g/mol. The van der Waals surface area contributed by atoms with Gasteiger partial charge in [-0.15, -0.1) is 0 Å². The molecule has 1 fully saturated rings. The van der Waals surface area contributed by atoms with Crippen LogP contribution in [0.1, 0.15) is 23.2 Å². The minimum atomic E-state index is -2.90. The zero-order valence-corrected chi connectivity index (χ0v) is 12.6. The van der Waals surface area contributed by atoms with Gasteiger partial charge in [-0.1, -0.05) is 0 Å². The Morgan fingerprint density at radius 1 is 1.42 bits per heavy atom. The second-order valence-electron chi connectivity index (χ2n) is 5.98. The highest BCUT2D eigenvalue weighted by Crippen LogP contribution is 2.38. The van der Waals surface area contributed by atoms with Crippen LogP contribution < -0.4 is 10.1 Å². The summed E-state index contributed by atoms with van der Waals surface area (Å²) in [5.41, 5.74) is 0.979. The smallest absolute Gasteiger partial charge is 0.267 e. The minimum Gasteiger partial charge on any atom is -0.488 e. The number of halogens is 3. The van der Waals surface area contributed by atoms with Gasteiger partial charge in [0.25, 0.3) is 11.8 Å². The van der Waals surface area contributed by atoms with Crippen LogP contribution >= 0.6 is 0 Å². The highest BCUT2D eigenvalue weighted by molar-refractivity contribution is 5.96. The lowest BCUT2D eigenvalue weighted by Gasteiger charge is -2.36. The molecule has 0 saturated heterocycles. The van der Waals surface area contributed by atoms with Crippen molar-refractivity contribution in [1.82, 2.24) is 14.9 Å². The van der Waals surface area contributed by atoms with Crippen LogP contribution in [0.15, 0.2) is 24.7 Å². The topological polar surface area (TPSA) is 56.2 Å². The molecular formula is C16H14F3N3O2. The van der Waals surface area contributed by atoms with E-state index in [2.05, 4.69) is 10.3 Å². The normalized spacial score (nSPS) is 20.9. The van der Waals surface area contributed by atoms with E-state index in [-0.39, 0.29) is 30.8 Å². The minimum absolute atomic E-state index is 0.0211. The summed E-state index contributed by atoms with van der Waals surface area (Å²) in [6.45, 7) is 0.770. The van der Waals surface area contributed by atoms with E-state index in [0.717, 1.165) is 6.07 Å². The first kappa shape index (κ1) is 15.0. The molecule has 1 aliphatic heterocycles. The molecule has 1 saturated carbocycles. The van der Waals surface area contributed by atoms with Crippen molar-refractivity contribution in [3.05, 3.63) is 36.0 Å². The predicted octanol–water partition coefficient (Wildman–Crippen LogP) is 2.61. The number of nitrogens with zero attached hydrogens (tertiary/aromatic N) is 2. The molecule has 1 atom stereocenters. The number of fused-ring (bicyclic) bond motifs is 3. The number of carbonyl (C=O) groups is 1. The van der Waals surface area contributed by atoms with E-state index in [0.29, 0.717) is 17.8 Å². The van der Waals surface area contributed by atoms with Crippen LogP contribution in [0, 0.1) is 5.82 Å². The number of ether oxygens (including phenoxy) is 1. The fourth-order valence-corrected chi connectivity index (χ4v) is 2.96. The Labute approximate surface area is 135 Å². The fourth-order valence-electron chi connectivity index (χ4n) is 2.96. The third kappa shape index (κ3) is 2.33. The average Bonchev–Trinajstić information content (AvgIpc) is 2.94. The second kappa shape index (κ2) is 5.25. The van der Waals surface area contributed by atoms with Crippen LogP contribution in [-0.4, -0.2) is 34.0 Å². The maximum atomic E-state index is 14.4. The number of nitrogens with one attached hydrogen (secondary N) is 1.